The van der Waals surface area contributed by atoms with Crippen molar-refractivity contribution in [3.05, 3.63) is 47.0 Å². The van der Waals surface area contributed by atoms with Gasteiger partial charge in [-0.2, -0.15) is 0 Å². The summed E-state index contributed by atoms with van der Waals surface area (Å²) in [5.74, 6) is 1.54. The van der Waals surface area contributed by atoms with Crippen molar-refractivity contribution in [2.45, 2.75) is 6.92 Å². The molecule has 5 nitrogen and oxygen atoms in total. The van der Waals surface area contributed by atoms with Gasteiger partial charge in [-0.3, -0.25) is 0 Å². The Bertz CT molecular complexity index is 853. The van der Waals surface area contributed by atoms with Crippen molar-refractivity contribution in [1.29, 1.82) is 0 Å². The number of nitrogens with zero attached hydrogens (tertiary/aromatic N) is 2. The van der Waals surface area contributed by atoms with Crippen LogP contribution in [0.15, 0.2) is 36.4 Å². The minimum atomic E-state index is 0.575. The van der Waals surface area contributed by atoms with Crippen LogP contribution in [-0.2, 0) is 0 Å². The molecule has 7 heteroatoms. The Morgan fingerprint density at radius 2 is 1.74 bits per heavy atom. The zero-order valence-corrected chi connectivity index (χ0v) is 16.8. The first kappa shape index (κ1) is 18.2. The van der Waals surface area contributed by atoms with Crippen molar-refractivity contribution in [3.63, 3.8) is 0 Å². The summed E-state index contributed by atoms with van der Waals surface area (Å²) < 4.78 is 11.2. The standard InChI is InChI=1S/C20H22ClN3O2S/c1-14-2-3-15(21)12-17(14)23-6-8-24(9-7-23)20(27)22-16-4-5-18-19(13-16)26-11-10-25-18/h2-5,12-13H,6-11H2,1H3,(H,22,27). The summed E-state index contributed by atoms with van der Waals surface area (Å²) in [4.78, 5) is 4.56. The lowest BCUT2D eigenvalue weighted by Gasteiger charge is -2.38. The molecule has 4 rings (SSSR count). The van der Waals surface area contributed by atoms with Crippen molar-refractivity contribution in [3.8, 4) is 11.5 Å². The Morgan fingerprint density at radius 1 is 1.00 bits per heavy atom. The topological polar surface area (TPSA) is 37.0 Å². The third kappa shape index (κ3) is 4.06. The second-order valence-electron chi connectivity index (χ2n) is 6.69. The molecule has 0 saturated carbocycles. The number of aryl methyl sites for hydroxylation is 1. The van der Waals surface area contributed by atoms with E-state index >= 15 is 0 Å². The van der Waals surface area contributed by atoms with E-state index in [4.69, 9.17) is 33.3 Å². The van der Waals surface area contributed by atoms with Crippen LogP contribution in [0, 0.1) is 6.92 Å². The summed E-state index contributed by atoms with van der Waals surface area (Å²) in [7, 11) is 0. The monoisotopic (exact) mass is 403 g/mol. The van der Waals surface area contributed by atoms with Gasteiger partial charge in [0.1, 0.15) is 13.2 Å². The van der Waals surface area contributed by atoms with Crippen molar-refractivity contribution < 1.29 is 9.47 Å². The van der Waals surface area contributed by atoms with Crippen LogP contribution < -0.4 is 19.7 Å². The van der Waals surface area contributed by atoms with Crippen molar-refractivity contribution in [1.82, 2.24) is 4.90 Å². The van der Waals surface area contributed by atoms with Crippen molar-refractivity contribution in [2.24, 2.45) is 0 Å². The molecule has 0 atom stereocenters. The minimum Gasteiger partial charge on any atom is -0.486 e. The van der Waals surface area contributed by atoms with Gasteiger partial charge in [-0.1, -0.05) is 17.7 Å². The van der Waals surface area contributed by atoms with Crippen molar-refractivity contribution >= 4 is 40.3 Å². The van der Waals surface area contributed by atoms with Crippen LogP contribution in [0.2, 0.25) is 5.02 Å². The van der Waals surface area contributed by atoms with Crippen LogP contribution in [0.5, 0.6) is 11.5 Å². The van der Waals surface area contributed by atoms with E-state index in [1.807, 2.05) is 30.3 Å². The van der Waals surface area contributed by atoms with E-state index < -0.39 is 0 Å². The molecular weight excluding hydrogens is 382 g/mol. The summed E-state index contributed by atoms with van der Waals surface area (Å²) in [5.41, 5.74) is 3.36. The van der Waals surface area contributed by atoms with Crippen LogP contribution in [0.25, 0.3) is 0 Å². The van der Waals surface area contributed by atoms with Gasteiger partial charge in [-0.15, -0.1) is 0 Å². The molecule has 1 saturated heterocycles. The van der Waals surface area contributed by atoms with Crippen molar-refractivity contribution in [2.75, 3.05) is 49.6 Å². The van der Waals surface area contributed by atoms with E-state index in [2.05, 4.69) is 28.1 Å². The molecule has 2 heterocycles. The summed E-state index contributed by atoms with van der Waals surface area (Å²) in [5, 5.41) is 4.82. The Morgan fingerprint density at radius 3 is 2.52 bits per heavy atom. The highest BCUT2D eigenvalue weighted by molar-refractivity contribution is 7.80. The lowest BCUT2D eigenvalue weighted by molar-refractivity contribution is 0.171. The lowest BCUT2D eigenvalue weighted by Crippen LogP contribution is -2.50. The number of hydrogen-bond acceptors (Lipinski definition) is 4. The average Bonchev–Trinajstić information content (AvgIpc) is 2.70. The SMILES string of the molecule is Cc1ccc(Cl)cc1N1CCN(C(=S)Nc2ccc3c(c2)OCCO3)CC1. The van der Waals surface area contributed by atoms with Gasteiger partial charge in [0, 0.05) is 48.6 Å². The molecule has 27 heavy (non-hydrogen) atoms. The molecule has 0 aliphatic carbocycles. The number of benzene rings is 2. The Labute approximate surface area is 169 Å². The lowest BCUT2D eigenvalue weighted by atomic mass is 10.1. The molecule has 0 radical (unpaired) electrons. The fourth-order valence-corrected chi connectivity index (χ4v) is 3.86. The van der Waals surface area contributed by atoms with E-state index in [1.54, 1.807) is 0 Å². The van der Waals surface area contributed by atoms with E-state index in [0.717, 1.165) is 53.5 Å². The van der Waals surface area contributed by atoms with Gasteiger partial charge in [-0.05, 0) is 49.0 Å². The molecule has 0 amide bonds. The van der Waals surface area contributed by atoms with Gasteiger partial charge in [0.25, 0.3) is 0 Å². The van der Waals surface area contributed by atoms with Gasteiger partial charge in [0.2, 0.25) is 0 Å². The molecule has 0 bridgehead atoms. The molecule has 1 N–H and O–H groups in total. The number of piperazine rings is 1. The molecule has 2 aliphatic heterocycles. The number of rotatable bonds is 2. The highest BCUT2D eigenvalue weighted by atomic mass is 35.5. The number of fused-ring (bicyclic) bond motifs is 1. The fraction of sp³-hybridized carbons (Fsp3) is 0.350. The summed E-state index contributed by atoms with van der Waals surface area (Å²) >= 11 is 11.8. The fourth-order valence-electron chi connectivity index (χ4n) is 3.40. The number of ether oxygens (including phenoxy) is 2. The number of halogens is 1. The summed E-state index contributed by atoms with van der Waals surface area (Å²) in [6.45, 7) is 6.82. The van der Waals surface area contributed by atoms with Gasteiger partial charge < -0.3 is 24.6 Å². The first-order valence-electron chi connectivity index (χ1n) is 9.07. The molecule has 0 aromatic heterocycles. The maximum Gasteiger partial charge on any atom is 0.173 e. The van der Waals surface area contributed by atoms with Crippen LogP contribution in [-0.4, -0.2) is 49.4 Å². The zero-order valence-electron chi connectivity index (χ0n) is 15.2. The van der Waals surface area contributed by atoms with Gasteiger partial charge in [0.05, 0.1) is 0 Å². The second-order valence-corrected chi connectivity index (χ2v) is 7.52. The molecule has 0 unspecified atom stereocenters. The van der Waals surface area contributed by atoms with Crippen LogP contribution in [0.4, 0.5) is 11.4 Å². The first-order valence-corrected chi connectivity index (χ1v) is 9.85. The molecule has 1 fully saturated rings. The highest BCUT2D eigenvalue weighted by Gasteiger charge is 2.21. The number of anilines is 2. The molecule has 2 aromatic carbocycles. The summed E-state index contributed by atoms with van der Waals surface area (Å²) in [6, 6.07) is 11.9. The van der Waals surface area contributed by atoms with E-state index in [1.165, 1.54) is 11.3 Å². The molecule has 142 valence electrons. The predicted molar refractivity (Wildman–Crippen MR) is 114 cm³/mol. The summed E-state index contributed by atoms with van der Waals surface area (Å²) in [6.07, 6.45) is 0. The smallest absolute Gasteiger partial charge is 0.173 e. The Kier molecular flexibility index (Phi) is 5.27. The van der Waals surface area contributed by atoms with Crippen LogP contribution in [0.1, 0.15) is 5.56 Å². The van der Waals surface area contributed by atoms with E-state index in [0.29, 0.717) is 13.2 Å². The third-order valence-electron chi connectivity index (χ3n) is 4.87. The highest BCUT2D eigenvalue weighted by Crippen LogP contribution is 2.32. The Hall–Kier alpha value is -2.18. The largest absolute Gasteiger partial charge is 0.486 e. The van der Waals surface area contributed by atoms with E-state index in [-0.39, 0.29) is 0 Å². The maximum atomic E-state index is 6.17. The molecule has 0 spiro atoms. The van der Waals surface area contributed by atoms with Gasteiger partial charge in [0.15, 0.2) is 16.6 Å². The van der Waals surface area contributed by atoms with E-state index in [9.17, 15) is 0 Å². The van der Waals surface area contributed by atoms with Crippen LogP contribution >= 0.6 is 23.8 Å². The quantitative estimate of drug-likeness (QED) is 0.765. The van der Waals surface area contributed by atoms with Crippen LogP contribution in [0.3, 0.4) is 0 Å². The number of thiocarbonyl (C=S) groups is 1. The molecule has 2 aliphatic rings. The average molecular weight is 404 g/mol. The normalized spacial score (nSPS) is 16.2. The third-order valence-corrected chi connectivity index (χ3v) is 5.47. The molecular formula is C20H22ClN3O2S. The molecule has 2 aromatic rings. The van der Waals surface area contributed by atoms with Gasteiger partial charge >= 0.3 is 0 Å². The number of hydrogen-bond donors (Lipinski definition) is 1. The minimum absolute atomic E-state index is 0.575. The second kappa shape index (κ2) is 7.82. The van der Waals surface area contributed by atoms with Gasteiger partial charge in [-0.25, -0.2) is 0 Å². The number of nitrogens with one attached hydrogen (secondary N) is 1. The Balaban J connectivity index is 1.37. The zero-order chi connectivity index (χ0) is 18.8. The maximum absolute atomic E-state index is 6.17. The predicted octanol–water partition coefficient (Wildman–Crippen LogP) is 3.94. The first-order chi connectivity index (χ1) is 13.1.